The van der Waals surface area contributed by atoms with Gasteiger partial charge in [-0.25, -0.2) is 0 Å². The molecule has 1 N–H and O–H groups in total. The van der Waals surface area contributed by atoms with E-state index < -0.39 is 0 Å². The van der Waals surface area contributed by atoms with E-state index in [1.807, 2.05) is 12.1 Å². The van der Waals surface area contributed by atoms with Crippen LogP contribution in [0, 0.1) is 0 Å². The Morgan fingerprint density at radius 1 is 1.32 bits per heavy atom. The molecule has 1 rings (SSSR count). The highest BCUT2D eigenvalue weighted by molar-refractivity contribution is 7.12. The third kappa shape index (κ3) is 7.30. The second kappa shape index (κ2) is 9.95. The van der Waals surface area contributed by atoms with Crippen LogP contribution in [0.25, 0.3) is 0 Å². The molecule has 0 aliphatic heterocycles. The van der Waals surface area contributed by atoms with Crippen LogP contribution in [0.15, 0.2) is 12.1 Å². The number of nitrogens with one attached hydrogen (secondary N) is 1. The predicted molar refractivity (Wildman–Crippen MR) is 77.5 cm³/mol. The number of carbonyl (C=O) groups excluding carboxylic acids is 1. The molecule has 0 saturated heterocycles. The Morgan fingerprint density at radius 2 is 2.11 bits per heavy atom. The third-order valence-corrected chi connectivity index (χ3v) is 3.71. The molecule has 1 heterocycles. The quantitative estimate of drug-likeness (QED) is 0.529. The zero-order chi connectivity index (χ0) is 13.9. The summed E-state index contributed by atoms with van der Waals surface area (Å²) < 4.78 is 10.1. The van der Waals surface area contributed by atoms with Crippen molar-refractivity contribution >= 4 is 17.3 Å². The molecule has 0 saturated carbocycles. The summed E-state index contributed by atoms with van der Waals surface area (Å²) >= 11 is 1.64. The lowest BCUT2D eigenvalue weighted by atomic mass is 10.3. The summed E-state index contributed by atoms with van der Waals surface area (Å²) in [6, 6.07) is 4.03. The van der Waals surface area contributed by atoms with Crippen LogP contribution in [-0.4, -0.2) is 32.8 Å². The molecule has 1 aromatic heterocycles. The highest BCUT2D eigenvalue weighted by Gasteiger charge is 2.05. The molecule has 4 nitrogen and oxygen atoms in total. The maximum Gasteiger partial charge on any atom is 0.310 e. The van der Waals surface area contributed by atoms with E-state index >= 15 is 0 Å². The summed E-state index contributed by atoms with van der Waals surface area (Å²) in [4.78, 5) is 13.4. The maximum atomic E-state index is 11.1. The third-order valence-electron chi connectivity index (χ3n) is 2.63. The summed E-state index contributed by atoms with van der Waals surface area (Å²) in [6.07, 6.45) is 2.66. The lowest BCUT2D eigenvalue weighted by molar-refractivity contribution is -0.139. The molecule has 0 amide bonds. The van der Waals surface area contributed by atoms with Gasteiger partial charge in [0.15, 0.2) is 0 Å². The second-order valence-corrected chi connectivity index (χ2v) is 5.52. The van der Waals surface area contributed by atoms with Gasteiger partial charge in [-0.2, -0.15) is 0 Å². The van der Waals surface area contributed by atoms with Crippen molar-refractivity contribution in [1.29, 1.82) is 0 Å². The van der Waals surface area contributed by atoms with Crippen molar-refractivity contribution in [3.8, 4) is 0 Å². The average Bonchev–Trinajstić information content (AvgIpc) is 2.85. The lowest BCUT2D eigenvalue weighted by Gasteiger charge is -2.04. The minimum atomic E-state index is -0.189. The summed E-state index contributed by atoms with van der Waals surface area (Å²) in [5, 5.41) is 3.33. The van der Waals surface area contributed by atoms with Crippen LogP contribution in [0.1, 0.15) is 29.5 Å². The smallest absolute Gasteiger partial charge is 0.310 e. The fourth-order valence-electron chi connectivity index (χ4n) is 1.53. The molecule has 0 aliphatic carbocycles. The highest BCUT2D eigenvalue weighted by Crippen LogP contribution is 2.17. The fraction of sp³-hybridized carbons (Fsp3) is 0.643. The number of hydrogen-bond donors (Lipinski definition) is 1. The van der Waals surface area contributed by atoms with Crippen molar-refractivity contribution in [3.63, 3.8) is 0 Å². The molecule has 0 aromatic carbocycles. The molecular formula is C14H23NO3S. The van der Waals surface area contributed by atoms with E-state index in [9.17, 15) is 4.79 Å². The molecule has 0 unspecified atom stereocenters. The van der Waals surface area contributed by atoms with Crippen LogP contribution >= 0.6 is 11.3 Å². The number of ether oxygens (including phenoxy) is 2. The zero-order valence-corrected chi connectivity index (χ0v) is 12.6. The zero-order valence-electron chi connectivity index (χ0n) is 11.7. The molecule has 0 aliphatic rings. The van der Waals surface area contributed by atoms with Crippen LogP contribution < -0.4 is 5.32 Å². The molecule has 1 aromatic rings. The molecule has 0 atom stereocenters. The molecule has 19 heavy (non-hydrogen) atoms. The van der Waals surface area contributed by atoms with E-state index in [-0.39, 0.29) is 5.97 Å². The molecule has 5 heteroatoms. The van der Waals surface area contributed by atoms with Gasteiger partial charge >= 0.3 is 5.97 Å². The summed E-state index contributed by atoms with van der Waals surface area (Å²) in [5.41, 5.74) is 0. The Kier molecular flexibility index (Phi) is 8.45. The first kappa shape index (κ1) is 16.1. The van der Waals surface area contributed by atoms with Gasteiger partial charge in [0.05, 0.1) is 20.1 Å². The molecule has 108 valence electrons. The Balaban J connectivity index is 2.11. The lowest BCUT2D eigenvalue weighted by Crippen LogP contribution is -2.18. The van der Waals surface area contributed by atoms with Gasteiger partial charge in [-0.15, -0.1) is 11.3 Å². The summed E-state index contributed by atoms with van der Waals surface area (Å²) in [5.74, 6) is -0.189. The van der Waals surface area contributed by atoms with E-state index in [2.05, 4.69) is 17.0 Å². The second-order valence-electron chi connectivity index (χ2n) is 4.26. The number of hydrogen-bond acceptors (Lipinski definition) is 5. The monoisotopic (exact) mass is 285 g/mol. The van der Waals surface area contributed by atoms with Crippen molar-refractivity contribution in [2.24, 2.45) is 0 Å². The van der Waals surface area contributed by atoms with Gasteiger partial charge < -0.3 is 14.8 Å². The average molecular weight is 285 g/mol. The topological polar surface area (TPSA) is 47.6 Å². The SMILES string of the molecule is CCCCOCCNCc1ccc(CC(=O)OC)s1. The van der Waals surface area contributed by atoms with Crippen LogP contribution in [0.3, 0.4) is 0 Å². The predicted octanol–water partition coefficient (Wildman–Crippen LogP) is 2.37. The van der Waals surface area contributed by atoms with Crippen LogP contribution in [0.4, 0.5) is 0 Å². The normalized spacial score (nSPS) is 10.6. The number of thiophene rings is 1. The van der Waals surface area contributed by atoms with Crippen molar-refractivity contribution in [2.75, 3.05) is 26.9 Å². The fourth-order valence-corrected chi connectivity index (χ4v) is 2.50. The van der Waals surface area contributed by atoms with Gasteiger partial charge in [-0.05, 0) is 18.6 Å². The minimum absolute atomic E-state index is 0.189. The number of rotatable bonds is 10. The van der Waals surface area contributed by atoms with Gasteiger partial charge in [0.2, 0.25) is 0 Å². The minimum Gasteiger partial charge on any atom is -0.469 e. The first-order chi connectivity index (χ1) is 9.26. The first-order valence-corrected chi connectivity index (χ1v) is 7.50. The van der Waals surface area contributed by atoms with Crippen molar-refractivity contribution in [3.05, 3.63) is 21.9 Å². The Bertz CT molecular complexity index is 365. The largest absolute Gasteiger partial charge is 0.469 e. The number of carbonyl (C=O) groups is 1. The van der Waals surface area contributed by atoms with Crippen LogP contribution in [-0.2, 0) is 27.2 Å². The number of unbranched alkanes of at least 4 members (excludes halogenated alkanes) is 1. The molecular weight excluding hydrogens is 262 g/mol. The molecule has 0 radical (unpaired) electrons. The van der Waals surface area contributed by atoms with Crippen LogP contribution in [0.5, 0.6) is 0 Å². The maximum absolute atomic E-state index is 11.1. The van der Waals surface area contributed by atoms with Crippen molar-refractivity contribution in [1.82, 2.24) is 5.32 Å². The van der Waals surface area contributed by atoms with Gasteiger partial charge in [0, 0.05) is 29.5 Å². The van der Waals surface area contributed by atoms with Gasteiger partial charge in [-0.3, -0.25) is 4.79 Å². The molecule has 0 fully saturated rings. The first-order valence-electron chi connectivity index (χ1n) is 6.69. The summed E-state index contributed by atoms with van der Waals surface area (Å²) in [7, 11) is 1.41. The van der Waals surface area contributed by atoms with Crippen molar-refractivity contribution in [2.45, 2.75) is 32.7 Å². The van der Waals surface area contributed by atoms with E-state index in [1.54, 1.807) is 11.3 Å². The molecule has 0 bridgehead atoms. The number of esters is 1. The summed E-state index contributed by atoms with van der Waals surface area (Å²) in [6.45, 7) is 5.43. The Morgan fingerprint density at radius 3 is 2.84 bits per heavy atom. The van der Waals surface area contributed by atoms with Gasteiger partial charge in [0.1, 0.15) is 0 Å². The standard InChI is InChI=1S/C14H23NO3S/c1-3-4-8-18-9-7-15-11-13-6-5-12(19-13)10-14(16)17-2/h5-6,15H,3-4,7-11H2,1-2H3. The van der Waals surface area contributed by atoms with E-state index in [1.165, 1.54) is 18.4 Å². The van der Waals surface area contributed by atoms with E-state index in [0.29, 0.717) is 6.42 Å². The number of methoxy groups -OCH3 is 1. The Labute approximate surface area is 119 Å². The van der Waals surface area contributed by atoms with E-state index in [0.717, 1.165) is 37.6 Å². The van der Waals surface area contributed by atoms with Gasteiger partial charge in [-0.1, -0.05) is 13.3 Å². The van der Waals surface area contributed by atoms with Crippen LogP contribution in [0.2, 0.25) is 0 Å². The highest BCUT2D eigenvalue weighted by atomic mass is 32.1. The van der Waals surface area contributed by atoms with Crippen molar-refractivity contribution < 1.29 is 14.3 Å². The molecule has 0 spiro atoms. The Hall–Kier alpha value is -0.910. The van der Waals surface area contributed by atoms with E-state index in [4.69, 9.17) is 4.74 Å². The van der Waals surface area contributed by atoms with Gasteiger partial charge in [0.25, 0.3) is 0 Å².